The topological polar surface area (TPSA) is 77.2 Å². The van der Waals surface area contributed by atoms with E-state index in [0.717, 1.165) is 54.7 Å². The molecule has 0 amide bonds. The Morgan fingerprint density at radius 3 is 3.04 bits per heavy atom. The molecule has 0 saturated carbocycles. The van der Waals surface area contributed by atoms with Crippen LogP contribution in [0.15, 0.2) is 11.6 Å². The molecule has 1 saturated heterocycles. The maximum absolute atomic E-state index is 5.89. The van der Waals surface area contributed by atoms with E-state index in [2.05, 4.69) is 25.9 Å². The molecule has 0 unspecified atom stereocenters. The molecule has 2 aromatic rings. The van der Waals surface area contributed by atoms with Crippen LogP contribution in [0.4, 0.5) is 11.8 Å². The summed E-state index contributed by atoms with van der Waals surface area (Å²) in [5.74, 6) is 1.25. The van der Waals surface area contributed by atoms with Crippen molar-refractivity contribution in [2.75, 3.05) is 30.4 Å². The van der Waals surface area contributed by atoms with Gasteiger partial charge in [-0.2, -0.15) is 4.98 Å². The van der Waals surface area contributed by atoms with E-state index in [9.17, 15) is 0 Å². The van der Waals surface area contributed by atoms with Crippen molar-refractivity contribution in [3.63, 3.8) is 0 Å². The second-order valence-electron chi connectivity index (χ2n) is 5.91. The van der Waals surface area contributed by atoms with Crippen LogP contribution in [0.5, 0.6) is 0 Å². The van der Waals surface area contributed by atoms with Crippen LogP contribution in [0.3, 0.4) is 0 Å². The molecule has 0 aliphatic carbocycles. The third kappa shape index (κ3) is 2.70. The van der Waals surface area contributed by atoms with Gasteiger partial charge in [-0.25, -0.2) is 9.97 Å². The quantitative estimate of drug-likeness (QED) is 0.911. The number of aryl methyl sites for hydroxylation is 1. The molecular formula is C16H19N5OS. The largest absolute Gasteiger partial charge is 0.379 e. The molecule has 4 rings (SSSR count). The van der Waals surface area contributed by atoms with Crippen LogP contribution < -0.4 is 10.6 Å². The van der Waals surface area contributed by atoms with E-state index in [1.807, 2.05) is 18.5 Å². The number of nitrogen functional groups attached to an aromatic ring is 1. The minimum absolute atomic E-state index is 0.319. The molecule has 6 nitrogen and oxygen atoms in total. The molecule has 0 bridgehead atoms. The van der Waals surface area contributed by atoms with Crippen molar-refractivity contribution in [2.45, 2.75) is 25.8 Å². The molecule has 23 heavy (non-hydrogen) atoms. The van der Waals surface area contributed by atoms with Gasteiger partial charge in [-0.3, -0.25) is 0 Å². The molecule has 0 spiro atoms. The lowest BCUT2D eigenvalue weighted by Gasteiger charge is -2.38. The fourth-order valence-electron chi connectivity index (χ4n) is 3.24. The molecule has 0 radical (unpaired) electrons. The van der Waals surface area contributed by atoms with E-state index in [4.69, 9.17) is 10.5 Å². The second-order valence-corrected chi connectivity index (χ2v) is 6.80. The van der Waals surface area contributed by atoms with Crippen molar-refractivity contribution in [3.05, 3.63) is 27.8 Å². The molecule has 2 aliphatic heterocycles. The fraction of sp³-hybridized carbons (Fsp3) is 0.438. The second kappa shape index (κ2) is 5.90. The van der Waals surface area contributed by atoms with Crippen LogP contribution in [-0.2, 0) is 4.74 Å². The van der Waals surface area contributed by atoms with Crippen molar-refractivity contribution in [1.29, 1.82) is 0 Å². The molecular weight excluding hydrogens is 310 g/mol. The highest BCUT2D eigenvalue weighted by atomic mass is 32.1. The Bertz CT molecular complexity index is 737. The summed E-state index contributed by atoms with van der Waals surface area (Å²) in [6, 6.07) is 0.319. The number of aromatic nitrogens is 3. The highest BCUT2D eigenvalue weighted by Crippen LogP contribution is 2.36. The monoisotopic (exact) mass is 329 g/mol. The average Bonchev–Trinajstić information content (AvgIpc) is 3.09. The first-order valence-corrected chi connectivity index (χ1v) is 8.69. The summed E-state index contributed by atoms with van der Waals surface area (Å²) in [4.78, 5) is 15.6. The van der Waals surface area contributed by atoms with Gasteiger partial charge in [-0.15, -0.1) is 11.3 Å². The third-order valence-electron chi connectivity index (χ3n) is 4.35. The van der Waals surface area contributed by atoms with Gasteiger partial charge in [0, 0.05) is 35.9 Å². The zero-order valence-corrected chi connectivity index (χ0v) is 13.8. The number of hydrogen-bond donors (Lipinski definition) is 1. The van der Waals surface area contributed by atoms with E-state index in [-0.39, 0.29) is 0 Å². The van der Waals surface area contributed by atoms with Gasteiger partial charge in [0.15, 0.2) is 0 Å². The lowest BCUT2D eigenvalue weighted by molar-refractivity contribution is 0.0797. The zero-order chi connectivity index (χ0) is 15.8. The van der Waals surface area contributed by atoms with E-state index in [0.29, 0.717) is 12.0 Å². The van der Waals surface area contributed by atoms with Crippen LogP contribution in [0.1, 0.15) is 29.1 Å². The van der Waals surface area contributed by atoms with Crippen LogP contribution in [0.2, 0.25) is 0 Å². The lowest BCUT2D eigenvalue weighted by atomic mass is 10.0. The lowest BCUT2D eigenvalue weighted by Crippen LogP contribution is -2.44. The van der Waals surface area contributed by atoms with Crippen molar-refractivity contribution in [1.82, 2.24) is 15.0 Å². The Kier molecular flexibility index (Phi) is 3.74. The van der Waals surface area contributed by atoms with Gasteiger partial charge in [0.05, 0.1) is 18.3 Å². The van der Waals surface area contributed by atoms with Crippen molar-refractivity contribution in [3.8, 4) is 0 Å². The number of nitrogens with zero attached hydrogens (tertiary/aromatic N) is 4. The van der Waals surface area contributed by atoms with Crippen molar-refractivity contribution in [2.24, 2.45) is 0 Å². The maximum Gasteiger partial charge on any atom is 0.222 e. The highest BCUT2D eigenvalue weighted by Gasteiger charge is 2.30. The van der Waals surface area contributed by atoms with Gasteiger partial charge in [-0.1, -0.05) is 0 Å². The summed E-state index contributed by atoms with van der Waals surface area (Å²) in [6.07, 6.45) is 6.18. The first kappa shape index (κ1) is 14.6. The summed E-state index contributed by atoms with van der Waals surface area (Å²) >= 11 is 1.66. The van der Waals surface area contributed by atoms with Crippen LogP contribution in [0, 0.1) is 6.92 Å². The van der Waals surface area contributed by atoms with Gasteiger partial charge in [0.2, 0.25) is 5.95 Å². The molecule has 2 aromatic heterocycles. The van der Waals surface area contributed by atoms with Gasteiger partial charge in [0.25, 0.3) is 0 Å². The number of ether oxygens (including phenoxy) is 1. The normalized spacial score (nSPS) is 21.0. The summed E-state index contributed by atoms with van der Waals surface area (Å²) in [5, 5.41) is 3.06. The van der Waals surface area contributed by atoms with E-state index in [1.165, 1.54) is 5.57 Å². The van der Waals surface area contributed by atoms with Gasteiger partial charge in [-0.05, 0) is 25.8 Å². The first-order valence-electron chi connectivity index (χ1n) is 7.81. The van der Waals surface area contributed by atoms with Crippen molar-refractivity contribution < 1.29 is 4.74 Å². The Labute approximate surface area is 139 Å². The number of anilines is 2. The van der Waals surface area contributed by atoms with E-state index in [1.54, 1.807) is 11.3 Å². The number of fused-ring (bicyclic) bond motifs is 1. The Hall–Kier alpha value is -1.99. The van der Waals surface area contributed by atoms with E-state index < -0.39 is 0 Å². The SMILES string of the molecule is Cc1nc(N)nc2c1C=C(c1nccs1)CN2[C@@H]1CCCOC1. The molecule has 120 valence electrons. The Balaban J connectivity index is 1.80. The van der Waals surface area contributed by atoms with Crippen LogP contribution in [0.25, 0.3) is 11.6 Å². The van der Waals surface area contributed by atoms with Crippen molar-refractivity contribution >= 4 is 34.8 Å². The molecule has 1 fully saturated rings. The zero-order valence-electron chi connectivity index (χ0n) is 13.0. The third-order valence-corrected chi connectivity index (χ3v) is 5.20. The molecule has 2 aliphatic rings. The number of rotatable bonds is 2. The number of hydrogen-bond acceptors (Lipinski definition) is 7. The van der Waals surface area contributed by atoms with Gasteiger partial charge >= 0.3 is 0 Å². The smallest absolute Gasteiger partial charge is 0.222 e. The molecule has 4 heterocycles. The van der Waals surface area contributed by atoms with Gasteiger partial charge < -0.3 is 15.4 Å². The Morgan fingerprint density at radius 2 is 2.30 bits per heavy atom. The minimum Gasteiger partial charge on any atom is -0.379 e. The molecule has 2 N–H and O–H groups in total. The molecule has 7 heteroatoms. The first-order chi connectivity index (χ1) is 11.2. The fourth-order valence-corrected chi connectivity index (χ4v) is 3.88. The predicted molar refractivity (Wildman–Crippen MR) is 92.4 cm³/mol. The minimum atomic E-state index is 0.319. The molecule has 1 atom stereocenters. The molecule has 0 aromatic carbocycles. The predicted octanol–water partition coefficient (Wildman–Crippen LogP) is 2.36. The van der Waals surface area contributed by atoms with Gasteiger partial charge in [0.1, 0.15) is 10.8 Å². The van der Waals surface area contributed by atoms with E-state index >= 15 is 0 Å². The number of nitrogens with two attached hydrogens (primary N) is 1. The highest BCUT2D eigenvalue weighted by molar-refractivity contribution is 7.10. The maximum atomic E-state index is 5.89. The standard InChI is InChI=1S/C16H19N5OS/c1-10-13-7-11(15-18-4-6-23-15)8-21(12-3-2-5-22-9-12)14(13)20-16(17)19-10/h4,6-7,12H,2-3,5,8-9H2,1H3,(H2,17,19,20)/t12-/m1/s1. The number of thiazole rings is 1. The van der Waals surface area contributed by atoms with Crippen LogP contribution in [-0.4, -0.2) is 40.8 Å². The summed E-state index contributed by atoms with van der Waals surface area (Å²) < 4.78 is 5.69. The van der Waals surface area contributed by atoms with Crippen LogP contribution >= 0.6 is 11.3 Å². The summed E-state index contributed by atoms with van der Waals surface area (Å²) in [7, 11) is 0. The average molecular weight is 329 g/mol. The Morgan fingerprint density at radius 1 is 1.39 bits per heavy atom. The summed E-state index contributed by atoms with van der Waals surface area (Å²) in [5.41, 5.74) is 9.04. The summed E-state index contributed by atoms with van der Waals surface area (Å²) in [6.45, 7) is 4.34.